The topological polar surface area (TPSA) is 55.9 Å². The van der Waals surface area contributed by atoms with Gasteiger partial charge in [-0.3, -0.25) is 14.5 Å². The molecule has 2 aromatic rings. The molecule has 0 bridgehead atoms. The lowest BCUT2D eigenvalue weighted by atomic mass is 10.2. The molecule has 1 atom stereocenters. The average Bonchev–Trinajstić information content (AvgIpc) is 3.20. The number of nitrogens with zero attached hydrogens (tertiary/aromatic N) is 3. The molecule has 4 rings (SSSR count). The summed E-state index contributed by atoms with van der Waals surface area (Å²) in [5.74, 6) is 0.293. The monoisotopic (exact) mass is 406 g/mol. The van der Waals surface area contributed by atoms with Crippen molar-refractivity contribution in [3.8, 4) is 0 Å². The molecule has 2 aliphatic rings. The molecule has 2 fully saturated rings. The van der Waals surface area contributed by atoms with Gasteiger partial charge in [-0.25, -0.2) is 0 Å². The molecule has 0 unspecified atom stereocenters. The van der Waals surface area contributed by atoms with Gasteiger partial charge in [0.2, 0.25) is 11.8 Å². The zero-order chi connectivity index (χ0) is 20.9. The van der Waals surface area contributed by atoms with E-state index >= 15 is 0 Å². The Morgan fingerprint density at radius 2 is 1.77 bits per heavy atom. The minimum absolute atomic E-state index is 0.122. The first kappa shape index (κ1) is 20.4. The molecule has 158 valence electrons. The number of benzene rings is 2. The molecule has 30 heavy (non-hydrogen) atoms. The molecule has 0 saturated carbocycles. The van der Waals surface area contributed by atoms with E-state index in [2.05, 4.69) is 34.5 Å². The van der Waals surface area contributed by atoms with Crippen LogP contribution < -0.4 is 10.2 Å². The van der Waals surface area contributed by atoms with Crippen molar-refractivity contribution in [1.82, 2.24) is 9.80 Å². The Morgan fingerprint density at radius 3 is 2.47 bits per heavy atom. The van der Waals surface area contributed by atoms with Crippen LogP contribution in [0.3, 0.4) is 0 Å². The molecular formula is C24H30N4O2. The van der Waals surface area contributed by atoms with E-state index in [4.69, 9.17) is 0 Å². The Morgan fingerprint density at radius 1 is 1.00 bits per heavy atom. The summed E-state index contributed by atoms with van der Waals surface area (Å²) in [6.45, 7) is 6.88. The smallest absolute Gasteiger partial charge is 0.244 e. The fraction of sp³-hybridized carbons (Fsp3) is 0.417. The van der Waals surface area contributed by atoms with Crippen molar-refractivity contribution in [2.75, 3.05) is 42.9 Å². The number of carbonyl (C=O) groups is 2. The maximum Gasteiger partial charge on any atom is 0.244 e. The normalized spacial score (nSPS) is 18.5. The summed E-state index contributed by atoms with van der Waals surface area (Å²) < 4.78 is 0. The molecule has 2 heterocycles. The third-order valence-corrected chi connectivity index (χ3v) is 5.92. The van der Waals surface area contributed by atoms with E-state index in [1.165, 1.54) is 5.56 Å². The second-order valence-electron chi connectivity index (χ2n) is 8.15. The minimum atomic E-state index is -0.310. The van der Waals surface area contributed by atoms with Crippen LogP contribution in [0.2, 0.25) is 0 Å². The lowest BCUT2D eigenvalue weighted by molar-refractivity contribution is -0.133. The van der Waals surface area contributed by atoms with Crippen molar-refractivity contribution in [3.63, 3.8) is 0 Å². The average molecular weight is 407 g/mol. The Balaban J connectivity index is 1.30. The Hall–Kier alpha value is -2.86. The third-order valence-electron chi connectivity index (χ3n) is 5.92. The van der Waals surface area contributed by atoms with Crippen molar-refractivity contribution in [2.45, 2.75) is 32.4 Å². The van der Waals surface area contributed by atoms with E-state index < -0.39 is 0 Å². The fourth-order valence-electron chi connectivity index (χ4n) is 4.24. The molecule has 0 radical (unpaired) electrons. The summed E-state index contributed by atoms with van der Waals surface area (Å²) in [4.78, 5) is 31.1. The van der Waals surface area contributed by atoms with Crippen molar-refractivity contribution in [3.05, 3.63) is 60.2 Å². The summed E-state index contributed by atoms with van der Waals surface area (Å²) in [6, 6.07) is 17.9. The van der Waals surface area contributed by atoms with E-state index in [0.717, 1.165) is 57.1 Å². The number of amides is 2. The zero-order valence-corrected chi connectivity index (χ0v) is 17.6. The van der Waals surface area contributed by atoms with Gasteiger partial charge in [-0.05, 0) is 37.1 Å². The van der Waals surface area contributed by atoms with Crippen LogP contribution in [-0.4, -0.2) is 60.4 Å². The Bertz CT molecular complexity index is 878. The van der Waals surface area contributed by atoms with Crippen LogP contribution in [0.5, 0.6) is 0 Å². The first-order chi connectivity index (χ1) is 14.6. The van der Waals surface area contributed by atoms with Gasteiger partial charge in [0.25, 0.3) is 0 Å². The van der Waals surface area contributed by atoms with Gasteiger partial charge in [0, 0.05) is 57.1 Å². The largest absolute Gasteiger partial charge is 0.374 e. The Kier molecular flexibility index (Phi) is 6.33. The maximum atomic E-state index is 12.9. The van der Waals surface area contributed by atoms with Crippen molar-refractivity contribution in [1.29, 1.82) is 0 Å². The van der Waals surface area contributed by atoms with E-state index in [0.29, 0.717) is 6.42 Å². The number of carbonyl (C=O) groups excluding carboxylic acids is 2. The highest BCUT2D eigenvalue weighted by Crippen LogP contribution is 2.24. The van der Waals surface area contributed by atoms with Gasteiger partial charge in [0.05, 0.1) is 0 Å². The quantitative estimate of drug-likeness (QED) is 0.801. The summed E-state index contributed by atoms with van der Waals surface area (Å²) in [6.07, 6.45) is 1.52. The molecule has 2 aliphatic heterocycles. The summed E-state index contributed by atoms with van der Waals surface area (Å²) in [5.41, 5.74) is 3.08. The summed E-state index contributed by atoms with van der Waals surface area (Å²) >= 11 is 0. The number of hydrogen-bond acceptors (Lipinski definition) is 4. The van der Waals surface area contributed by atoms with Gasteiger partial charge < -0.3 is 15.1 Å². The molecule has 2 amide bonds. The van der Waals surface area contributed by atoms with Crippen LogP contribution >= 0.6 is 0 Å². The third kappa shape index (κ3) is 4.82. The van der Waals surface area contributed by atoms with Gasteiger partial charge in [-0.2, -0.15) is 0 Å². The number of anilines is 2. The molecule has 1 N–H and O–H groups in total. The van der Waals surface area contributed by atoms with Gasteiger partial charge in [-0.1, -0.05) is 36.4 Å². The lowest BCUT2D eigenvalue weighted by Gasteiger charge is -2.36. The summed E-state index contributed by atoms with van der Waals surface area (Å²) in [7, 11) is 0. The number of hydrogen-bond donors (Lipinski definition) is 1. The summed E-state index contributed by atoms with van der Waals surface area (Å²) in [5, 5.41) is 3.33. The lowest BCUT2D eigenvalue weighted by Crippen LogP contribution is -2.51. The number of piperazine rings is 1. The van der Waals surface area contributed by atoms with Gasteiger partial charge in [0.15, 0.2) is 0 Å². The standard InChI is InChI=1S/C24H30N4O2/c1-19(25-21-9-5-10-22(17-21)28-12-6-11-23(28)29)24(30)27-15-13-26(14-16-27)18-20-7-3-2-4-8-20/h2-5,7-10,17,19,25H,6,11-16,18H2,1H3/t19-/m1/s1. The zero-order valence-electron chi connectivity index (χ0n) is 17.6. The Labute approximate surface area is 178 Å². The van der Waals surface area contributed by atoms with Crippen LogP contribution in [0.15, 0.2) is 54.6 Å². The predicted octanol–water partition coefficient (Wildman–Crippen LogP) is 2.96. The fourth-order valence-corrected chi connectivity index (χ4v) is 4.24. The minimum Gasteiger partial charge on any atom is -0.374 e. The van der Waals surface area contributed by atoms with Crippen LogP contribution in [0.1, 0.15) is 25.3 Å². The molecule has 2 saturated heterocycles. The number of nitrogens with one attached hydrogen (secondary N) is 1. The van der Waals surface area contributed by atoms with Gasteiger partial charge in [0.1, 0.15) is 6.04 Å². The molecule has 0 spiro atoms. The van der Waals surface area contributed by atoms with Crippen LogP contribution in [0, 0.1) is 0 Å². The molecule has 6 heteroatoms. The van der Waals surface area contributed by atoms with Gasteiger partial charge in [-0.15, -0.1) is 0 Å². The number of rotatable bonds is 6. The highest BCUT2D eigenvalue weighted by molar-refractivity contribution is 5.95. The molecule has 0 aliphatic carbocycles. The van der Waals surface area contributed by atoms with Crippen LogP contribution in [-0.2, 0) is 16.1 Å². The van der Waals surface area contributed by atoms with Crippen LogP contribution in [0.25, 0.3) is 0 Å². The van der Waals surface area contributed by atoms with Crippen molar-refractivity contribution in [2.24, 2.45) is 0 Å². The second-order valence-corrected chi connectivity index (χ2v) is 8.15. The molecule has 6 nitrogen and oxygen atoms in total. The van der Waals surface area contributed by atoms with E-state index in [-0.39, 0.29) is 17.9 Å². The second kappa shape index (κ2) is 9.30. The van der Waals surface area contributed by atoms with Gasteiger partial charge >= 0.3 is 0 Å². The van der Waals surface area contributed by atoms with Crippen LogP contribution in [0.4, 0.5) is 11.4 Å². The van der Waals surface area contributed by atoms with E-state index in [9.17, 15) is 9.59 Å². The molecule has 0 aromatic heterocycles. The highest BCUT2D eigenvalue weighted by Gasteiger charge is 2.26. The van der Waals surface area contributed by atoms with E-state index in [1.54, 1.807) is 0 Å². The first-order valence-corrected chi connectivity index (χ1v) is 10.8. The van der Waals surface area contributed by atoms with Crippen molar-refractivity contribution >= 4 is 23.2 Å². The molecule has 2 aromatic carbocycles. The van der Waals surface area contributed by atoms with Crippen molar-refractivity contribution < 1.29 is 9.59 Å². The SMILES string of the molecule is C[C@@H](Nc1cccc(N2CCCC2=O)c1)C(=O)N1CCN(Cc2ccccc2)CC1. The predicted molar refractivity (Wildman–Crippen MR) is 119 cm³/mol. The molecular weight excluding hydrogens is 376 g/mol. The highest BCUT2D eigenvalue weighted by atomic mass is 16.2. The van der Waals surface area contributed by atoms with E-state index in [1.807, 2.05) is 47.1 Å². The maximum absolute atomic E-state index is 12.9. The first-order valence-electron chi connectivity index (χ1n) is 10.8.